The fourth-order valence-electron chi connectivity index (χ4n) is 4.78. The number of piperazine rings is 1. The van der Waals surface area contributed by atoms with Gasteiger partial charge in [0.1, 0.15) is 0 Å². The average molecular weight is 557 g/mol. The van der Waals surface area contributed by atoms with Gasteiger partial charge in [-0.05, 0) is 42.0 Å². The minimum absolute atomic E-state index is 0.415. The number of aliphatic hydroxyl groups is 1. The van der Waals surface area contributed by atoms with Crippen LogP contribution in [0.2, 0.25) is 0 Å². The van der Waals surface area contributed by atoms with Gasteiger partial charge in [-0.25, -0.2) is 0 Å². The molecule has 0 aliphatic carbocycles. The van der Waals surface area contributed by atoms with Crippen LogP contribution in [0.1, 0.15) is 5.56 Å². The molecule has 5 rings (SSSR count). The molecule has 4 aromatic rings. The number of rotatable bonds is 6. The van der Waals surface area contributed by atoms with Crippen molar-refractivity contribution in [3.05, 3.63) is 81.2 Å². The fourth-order valence-corrected chi connectivity index (χ4v) is 5.51. The second kappa shape index (κ2) is 9.65. The van der Waals surface area contributed by atoms with Gasteiger partial charge in [0.2, 0.25) is 0 Å². The van der Waals surface area contributed by atoms with E-state index < -0.39 is 6.10 Å². The lowest BCUT2D eigenvalue weighted by Gasteiger charge is -2.35. The van der Waals surface area contributed by atoms with Crippen molar-refractivity contribution in [2.24, 2.45) is 0 Å². The molecule has 6 heteroatoms. The first-order valence-corrected chi connectivity index (χ1v) is 12.7. The number of fused-ring (bicyclic) bond motifs is 3. The lowest BCUT2D eigenvalue weighted by Crippen LogP contribution is -2.48. The Morgan fingerprint density at radius 2 is 1.28 bits per heavy atom. The molecule has 0 bridgehead atoms. The first-order valence-electron chi connectivity index (χ1n) is 11.1. The third-order valence-electron chi connectivity index (χ3n) is 6.37. The van der Waals surface area contributed by atoms with E-state index in [0.717, 1.165) is 52.7 Å². The van der Waals surface area contributed by atoms with Crippen LogP contribution in [0.25, 0.3) is 21.8 Å². The van der Waals surface area contributed by atoms with Crippen molar-refractivity contribution in [3.8, 4) is 0 Å². The molecule has 1 atom stereocenters. The second-order valence-electron chi connectivity index (χ2n) is 8.65. The summed E-state index contributed by atoms with van der Waals surface area (Å²) >= 11 is 7.21. The molecule has 0 radical (unpaired) electrons. The van der Waals surface area contributed by atoms with E-state index >= 15 is 0 Å². The summed E-state index contributed by atoms with van der Waals surface area (Å²) in [5.41, 5.74) is 3.69. The quantitative estimate of drug-likeness (QED) is 0.340. The van der Waals surface area contributed by atoms with Crippen molar-refractivity contribution in [2.75, 3.05) is 32.7 Å². The van der Waals surface area contributed by atoms with E-state index in [4.69, 9.17) is 0 Å². The average Bonchev–Trinajstić information content (AvgIpc) is 3.08. The van der Waals surface area contributed by atoms with E-state index in [-0.39, 0.29) is 0 Å². The topological polar surface area (TPSA) is 31.6 Å². The van der Waals surface area contributed by atoms with Gasteiger partial charge in [0.25, 0.3) is 0 Å². The molecule has 1 aliphatic heterocycles. The van der Waals surface area contributed by atoms with Gasteiger partial charge in [-0.3, -0.25) is 9.80 Å². The Labute approximate surface area is 205 Å². The molecule has 32 heavy (non-hydrogen) atoms. The first-order chi connectivity index (χ1) is 15.6. The van der Waals surface area contributed by atoms with Gasteiger partial charge in [-0.15, -0.1) is 0 Å². The van der Waals surface area contributed by atoms with Crippen LogP contribution in [0.3, 0.4) is 0 Å². The van der Waals surface area contributed by atoms with Crippen molar-refractivity contribution >= 4 is 53.7 Å². The van der Waals surface area contributed by atoms with Crippen molar-refractivity contribution in [1.29, 1.82) is 0 Å². The number of nitrogens with zero attached hydrogens (tertiary/aromatic N) is 3. The maximum Gasteiger partial charge on any atom is 0.0845 e. The zero-order chi connectivity index (χ0) is 22.1. The molecule has 1 N–H and O–H groups in total. The minimum atomic E-state index is -0.415. The first kappa shape index (κ1) is 22.1. The van der Waals surface area contributed by atoms with Crippen LogP contribution in [0.15, 0.2) is 75.7 Å². The second-order valence-corrected chi connectivity index (χ2v) is 10.5. The van der Waals surface area contributed by atoms with Gasteiger partial charge in [0.05, 0.1) is 12.6 Å². The van der Waals surface area contributed by atoms with E-state index in [9.17, 15) is 5.11 Å². The molecular weight excluding hydrogens is 530 g/mol. The largest absolute Gasteiger partial charge is 0.390 e. The molecule has 1 saturated heterocycles. The number of hydrogen-bond acceptors (Lipinski definition) is 3. The predicted molar refractivity (Wildman–Crippen MR) is 139 cm³/mol. The van der Waals surface area contributed by atoms with E-state index in [1.807, 2.05) is 0 Å². The van der Waals surface area contributed by atoms with Crippen molar-refractivity contribution in [3.63, 3.8) is 0 Å². The van der Waals surface area contributed by atoms with Gasteiger partial charge in [-0.2, -0.15) is 0 Å². The molecule has 1 fully saturated rings. The van der Waals surface area contributed by atoms with Crippen LogP contribution in [0.5, 0.6) is 0 Å². The molecule has 1 aromatic heterocycles. The maximum atomic E-state index is 11.0. The molecule has 0 saturated carbocycles. The number of benzene rings is 3. The van der Waals surface area contributed by atoms with E-state index in [2.05, 4.69) is 113 Å². The standard InChI is InChI=1S/C26H27Br2N3O/c27-20-6-8-25-23(14-20)24-15-21(28)7-9-26(24)31(25)18-22(32)17-30-12-10-29(11-13-30)16-19-4-2-1-3-5-19/h1-9,14-15,22,32H,10-13,16-18H2/t22-/m0/s1. The lowest BCUT2D eigenvalue weighted by molar-refractivity contribution is 0.0634. The number of halogens is 2. The summed E-state index contributed by atoms with van der Waals surface area (Å²) in [7, 11) is 0. The van der Waals surface area contributed by atoms with Crippen molar-refractivity contribution in [2.45, 2.75) is 19.2 Å². The molecule has 3 aromatic carbocycles. The maximum absolute atomic E-state index is 11.0. The van der Waals surface area contributed by atoms with Gasteiger partial charge in [0.15, 0.2) is 0 Å². The van der Waals surface area contributed by atoms with Crippen LogP contribution in [0, 0.1) is 0 Å². The summed E-state index contributed by atoms with van der Waals surface area (Å²) in [6, 6.07) is 23.4. The summed E-state index contributed by atoms with van der Waals surface area (Å²) in [5.74, 6) is 0. The van der Waals surface area contributed by atoms with Crippen molar-refractivity contribution < 1.29 is 5.11 Å². The Morgan fingerprint density at radius 1 is 0.719 bits per heavy atom. The molecule has 1 aliphatic rings. The van der Waals surface area contributed by atoms with Crippen molar-refractivity contribution in [1.82, 2.24) is 14.4 Å². The Bertz CT molecular complexity index is 1160. The van der Waals surface area contributed by atoms with Gasteiger partial charge < -0.3 is 9.67 Å². The van der Waals surface area contributed by atoms with Crippen LogP contribution in [0.4, 0.5) is 0 Å². The third kappa shape index (κ3) is 4.80. The highest BCUT2D eigenvalue weighted by Gasteiger charge is 2.21. The summed E-state index contributed by atoms with van der Waals surface area (Å²) in [6.07, 6.45) is -0.415. The monoisotopic (exact) mass is 555 g/mol. The number of β-amino-alcohol motifs (C(OH)–C–C–N with tert-alkyl or cyclic N) is 1. The van der Waals surface area contributed by atoms with E-state index in [1.165, 1.54) is 16.3 Å². The normalized spacial score (nSPS) is 16.7. The Hall–Kier alpha value is -1.70. The number of aromatic nitrogens is 1. The molecule has 0 amide bonds. The third-order valence-corrected chi connectivity index (χ3v) is 7.35. The highest BCUT2D eigenvalue weighted by atomic mass is 79.9. The molecule has 4 nitrogen and oxygen atoms in total. The van der Waals surface area contributed by atoms with Gasteiger partial charge >= 0.3 is 0 Å². The fraction of sp³-hybridized carbons (Fsp3) is 0.308. The SMILES string of the molecule is O[C@@H](CN1CCN(Cc2ccccc2)CC1)Cn1c2ccc(Br)cc2c2cc(Br)ccc21. The smallest absolute Gasteiger partial charge is 0.0845 e. The number of aliphatic hydroxyl groups excluding tert-OH is 1. The van der Waals surface area contributed by atoms with Crippen LogP contribution in [-0.4, -0.2) is 58.3 Å². The number of hydrogen-bond donors (Lipinski definition) is 1. The zero-order valence-corrected chi connectivity index (χ0v) is 21.1. The van der Waals surface area contributed by atoms with E-state index in [1.54, 1.807) is 0 Å². The lowest BCUT2D eigenvalue weighted by atomic mass is 10.2. The summed E-state index contributed by atoms with van der Waals surface area (Å²) in [4.78, 5) is 4.90. The molecule has 166 valence electrons. The van der Waals surface area contributed by atoms with E-state index in [0.29, 0.717) is 13.1 Å². The summed E-state index contributed by atoms with van der Waals surface area (Å²) in [6.45, 7) is 6.37. The zero-order valence-electron chi connectivity index (χ0n) is 17.9. The molecule has 2 heterocycles. The Morgan fingerprint density at radius 3 is 1.88 bits per heavy atom. The highest BCUT2D eigenvalue weighted by Crippen LogP contribution is 2.33. The Kier molecular flexibility index (Phi) is 6.67. The van der Waals surface area contributed by atoms with Gasteiger partial charge in [0, 0.05) is 70.0 Å². The Balaban J connectivity index is 1.26. The summed E-state index contributed by atoms with van der Waals surface area (Å²) < 4.78 is 4.40. The van der Waals surface area contributed by atoms with Gasteiger partial charge in [-0.1, -0.05) is 62.2 Å². The van der Waals surface area contributed by atoms with Crippen LogP contribution < -0.4 is 0 Å². The highest BCUT2D eigenvalue weighted by molar-refractivity contribution is 9.10. The molecule has 0 spiro atoms. The van der Waals surface area contributed by atoms with Crippen LogP contribution in [-0.2, 0) is 13.1 Å². The summed E-state index contributed by atoms with van der Waals surface area (Å²) in [5, 5.41) is 13.4. The van der Waals surface area contributed by atoms with Crippen LogP contribution >= 0.6 is 31.9 Å². The molecular formula is C26H27Br2N3O. The predicted octanol–water partition coefficient (Wildman–Crippen LogP) is 5.50. The molecule has 0 unspecified atom stereocenters. The minimum Gasteiger partial charge on any atom is -0.390 e.